The SMILES string of the molecule is CC/C=C\C/C=C\C/C=C\C/C=C\C/C=C\C/C=C\C/C=C\C/C=C\C/C=C\CCCC(=O)NC(COP(=O)([O-])OCC[N+](C)(C)C)C(O)/C=C/CC/C=C/CC/C=C/CCCCCCCCCCCCCCCCC. The Labute approximate surface area is 468 Å². The Morgan fingerprint density at radius 3 is 1.22 bits per heavy atom. The standard InChI is InChI=1S/C67H113N2O6P/c1-6-8-10-12-14-16-18-20-22-24-26-28-30-32-33-34-35-37-39-41-43-45-47-49-51-53-55-57-59-61-67(71)68-65(64-75-76(72,73)74-63-62-69(3,4)5)66(70)60-58-56-54-52-50-48-46-44-42-40-38-36-31-29-27-25-23-21-19-17-15-13-11-9-7-2/h8,10,14,16,20,22,26,28,32-33,35,37,41-44,47,49-50,52-53,55,58,60,65-66,70H,6-7,9,11-13,15,17-19,21,23-25,27,29-31,34,36,38-40,45-46,48,51,54,56-57,59,61-64H2,1-5H3,(H-,68,71,72,73)/b10-8-,16-14-,22-20-,28-26-,33-32-,37-35-,43-41-,44-42+,49-47-,52-50+,55-53-,60-58+. The first-order valence-corrected chi connectivity index (χ1v) is 31.7. The molecule has 1 amide bonds. The molecular weight excluding hydrogens is 960 g/mol. The average Bonchev–Trinajstić information content (AvgIpc) is 3.38. The van der Waals surface area contributed by atoms with E-state index in [1.54, 1.807) is 6.08 Å². The number of phosphoric acid groups is 1. The number of quaternary nitrogens is 1. The van der Waals surface area contributed by atoms with Crippen LogP contribution in [-0.4, -0.2) is 68.5 Å². The van der Waals surface area contributed by atoms with Gasteiger partial charge in [0.15, 0.2) is 0 Å². The number of hydrogen-bond donors (Lipinski definition) is 2. The van der Waals surface area contributed by atoms with Gasteiger partial charge in [0.25, 0.3) is 7.82 Å². The average molecular weight is 1070 g/mol. The minimum atomic E-state index is -4.64. The molecule has 0 aliphatic carbocycles. The summed E-state index contributed by atoms with van der Waals surface area (Å²) in [7, 11) is 1.18. The number of phosphoric ester groups is 1. The fourth-order valence-corrected chi connectivity index (χ4v) is 8.56. The predicted octanol–water partition coefficient (Wildman–Crippen LogP) is 18.2. The normalized spacial score (nSPS) is 14.9. The summed E-state index contributed by atoms with van der Waals surface area (Å²) in [5.41, 5.74) is 0. The number of allylic oxidation sites excluding steroid dienone is 23. The Kier molecular flexibility index (Phi) is 53.4. The maximum atomic E-state index is 13.0. The van der Waals surface area contributed by atoms with Crippen molar-refractivity contribution >= 4 is 13.7 Å². The highest BCUT2D eigenvalue weighted by molar-refractivity contribution is 7.45. The van der Waals surface area contributed by atoms with Gasteiger partial charge in [0.05, 0.1) is 39.9 Å². The second-order valence-corrected chi connectivity index (χ2v) is 22.4. The molecule has 0 heterocycles. The molecule has 0 aromatic rings. The summed E-state index contributed by atoms with van der Waals surface area (Å²) in [6.07, 6.45) is 86.6. The zero-order valence-electron chi connectivity index (χ0n) is 49.1. The minimum Gasteiger partial charge on any atom is -0.756 e. The molecule has 3 unspecified atom stereocenters. The fourth-order valence-electron chi connectivity index (χ4n) is 7.83. The van der Waals surface area contributed by atoms with Crippen LogP contribution in [0.4, 0.5) is 0 Å². The maximum absolute atomic E-state index is 13.0. The van der Waals surface area contributed by atoms with Gasteiger partial charge in [-0.3, -0.25) is 9.36 Å². The van der Waals surface area contributed by atoms with Crippen LogP contribution in [-0.2, 0) is 18.4 Å². The number of nitrogens with zero attached hydrogens (tertiary/aromatic N) is 1. The number of carbonyl (C=O) groups excluding carboxylic acids is 1. The number of unbranched alkanes of at least 4 members (excludes halogenated alkanes) is 18. The second kappa shape index (κ2) is 56.1. The van der Waals surface area contributed by atoms with Gasteiger partial charge in [0, 0.05) is 6.42 Å². The first-order valence-electron chi connectivity index (χ1n) is 30.2. The highest BCUT2D eigenvalue weighted by atomic mass is 31.2. The lowest BCUT2D eigenvalue weighted by Crippen LogP contribution is -2.45. The monoisotopic (exact) mass is 1070 g/mol. The van der Waals surface area contributed by atoms with E-state index in [2.05, 4.69) is 153 Å². The second-order valence-electron chi connectivity index (χ2n) is 20.9. The molecule has 3 atom stereocenters. The molecule has 0 fully saturated rings. The summed E-state index contributed by atoms with van der Waals surface area (Å²) in [5, 5.41) is 13.8. The van der Waals surface area contributed by atoms with Crippen LogP contribution in [0.15, 0.2) is 146 Å². The van der Waals surface area contributed by atoms with Gasteiger partial charge in [0.2, 0.25) is 5.91 Å². The number of amides is 1. The van der Waals surface area contributed by atoms with E-state index in [0.717, 1.165) is 83.5 Å². The highest BCUT2D eigenvalue weighted by Crippen LogP contribution is 2.38. The van der Waals surface area contributed by atoms with Gasteiger partial charge in [0.1, 0.15) is 13.2 Å². The van der Waals surface area contributed by atoms with E-state index in [-0.39, 0.29) is 18.9 Å². The van der Waals surface area contributed by atoms with E-state index in [1.807, 2.05) is 27.2 Å². The summed E-state index contributed by atoms with van der Waals surface area (Å²) in [4.78, 5) is 25.5. The number of carbonyl (C=O) groups is 1. The number of aliphatic hydroxyl groups is 1. The van der Waals surface area contributed by atoms with Crippen molar-refractivity contribution in [2.24, 2.45) is 0 Å². The quantitative estimate of drug-likeness (QED) is 0.0272. The molecule has 0 aromatic carbocycles. The first-order chi connectivity index (χ1) is 37.0. The summed E-state index contributed by atoms with van der Waals surface area (Å²) in [6.45, 7) is 4.45. The highest BCUT2D eigenvalue weighted by Gasteiger charge is 2.23. The molecule has 0 rings (SSSR count). The van der Waals surface area contributed by atoms with Crippen molar-refractivity contribution in [1.29, 1.82) is 0 Å². The van der Waals surface area contributed by atoms with Crippen molar-refractivity contribution in [3.8, 4) is 0 Å². The number of nitrogens with one attached hydrogen (secondary N) is 1. The predicted molar refractivity (Wildman–Crippen MR) is 329 cm³/mol. The van der Waals surface area contributed by atoms with E-state index >= 15 is 0 Å². The molecule has 0 saturated heterocycles. The van der Waals surface area contributed by atoms with Gasteiger partial charge in [-0.05, 0) is 109 Å². The van der Waals surface area contributed by atoms with Gasteiger partial charge in [-0.2, -0.15) is 0 Å². The van der Waals surface area contributed by atoms with E-state index < -0.39 is 26.6 Å². The summed E-state index contributed by atoms with van der Waals surface area (Å²) >= 11 is 0. The topological polar surface area (TPSA) is 108 Å². The Bertz CT molecular complexity index is 1740. The zero-order chi connectivity index (χ0) is 55.6. The van der Waals surface area contributed by atoms with Gasteiger partial charge >= 0.3 is 0 Å². The van der Waals surface area contributed by atoms with Crippen molar-refractivity contribution in [3.05, 3.63) is 146 Å². The molecular formula is C67H113N2O6P. The Morgan fingerprint density at radius 1 is 0.474 bits per heavy atom. The van der Waals surface area contributed by atoms with Crippen molar-refractivity contribution in [1.82, 2.24) is 5.32 Å². The Morgan fingerprint density at radius 2 is 0.816 bits per heavy atom. The molecule has 76 heavy (non-hydrogen) atoms. The molecule has 0 saturated carbocycles. The van der Waals surface area contributed by atoms with E-state index in [9.17, 15) is 19.4 Å². The van der Waals surface area contributed by atoms with Crippen molar-refractivity contribution < 1.29 is 32.9 Å². The molecule has 0 aliphatic heterocycles. The number of aliphatic hydroxyl groups excluding tert-OH is 1. The number of likely N-dealkylation sites (N-methyl/N-ethyl adjacent to an activating group) is 1. The molecule has 0 aromatic heterocycles. The largest absolute Gasteiger partial charge is 0.756 e. The lowest BCUT2D eigenvalue weighted by molar-refractivity contribution is -0.870. The van der Waals surface area contributed by atoms with Gasteiger partial charge in [-0.25, -0.2) is 0 Å². The van der Waals surface area contributed by atoms with E-state index in [0.29, 0.717) is 23.9 Å². The van der Waals surface area contributed by atoms with Crippen LogP contribution in [0.1, 0.15) is 219 Å². The molecule has 0 bridgehead atoms. The third-order valence-corrected chi connectivity index (χ3v) is 13.5. The Balaban J connectivity index is 4.43. The zero-order valence-corrected chi connectivity index (χ0v) is 50.0. The molecule has 9 heteroatoms. The van der Waals surface area contributed by atoms with Crippen LogP contribution in [0, 0.1) is 0 Å². The van der Waals surface area contributed by atoms with Crippen LogP contribution in [0.25, 0.3) is 0 Å². The molecule has 0 spiro atoms. The van der Waals surface area contributed by atoms with Crippen LogP contribution < -0.4 is 10.2 Å². The van der Waals surface area contributed by atoms with E-state index in [1.165, 1.54) is 103 Å². The number of rotatable bonds is 53. The first kappa shape index (κ1) is 72.4. The smallest absolute Gasteiger partial charge is 0.268 e. The van der Waals surface area contributed by atoms with Crippen molar-refractivity contribution in [3.63, 3.8) is 0 Å². The fraction of sp³-hybridized carbons (Fsp3) is 0.627. The molecule has 0 aliphatic rings. The van der Waals surface area contributed by atoms with Crippen molar-refractivity contribution in [2.75, 3.05) is 40.9 Å². The van der Waals surface area contributed by atoms with E-state index in [4.69, 9.17) is 9.05 Å². The van der Waals surface area contributed by atoms with Crippen LogP contribution in [0.2, 0.25) is 0 Å². The third-order valence-electron chi connectivity index (χ3n) is 12.5. The van der Waals surface area contributed by atoms with Gasteiger partial charge < -0.3 is 28.8 Å². The van der Waals surface area contributed by atoms with Crippen LogP contribution in [0.5, 0.6) is 0 Å². The lowest BCUT2D eigenvalue weighted by Gasteiger charge is -2.29. The summed E-state index contributed by atoms with van der Waals surface area (Å²) in [5.74, 6) is -0.274. The molecule has 2 N–H and O–H groups in total. The van der Waals surface area contributed by atoms with Crippen LogP contribution >= 0.6 is 7.82 Å². The molecule has 0 radical (unpaired) electrons. The maximum Gasteiger partial charge on any atom is 0.268 e. The van der Waals surface area contributed by atoms with Gasteiger partial charge in [-0.1, -0.05) is 250 Å². The summed E-state index contributed by atoms with van der Waals surface area (Å²) < 4.78 is 23.3. The Hall–Kier alpha value is -3.62. The van der Waals surface area contributed by atoms with Crippen LogP contribution in [0.3, 0.4) is 0 Å². The molecule has 8 nitrogen and oxygen atoms in total. The third kappa shape index (κ3) is 58.1. The minimum absolute atomic E-state index is 0.0286. The van der Waals surface area contributed by atoms with Gasteiger partial charge in [-0.15, -0.1) is 0 Å². The summed E-state index contributed by atoms with van der Waals surface area (Å²) in [6, 6.07) is -0.954. The van der Waals surface area contributed by atoms with Crippen molar-refractivity contribution in [2.45, 2.75) is 231 Å². The number of hydrogen-bond acceptors (Lipinski definition) is 6. The lowest BCUT2D eigenvalue weighted by atomic mass is 10.0. The molecule has 432 valence electrons.